The van der Waals surface area contributed by atoms with Crippen LogP contribution < -0.4 is 11.1 Å². The van der Waals surface area contributed by atoms with Crippen molar-refractivity contribution in [3.05, 3.63) is 12.3 Å². The van der Waals surface area contributed by atoms with Crippen molar-refractivity contribution >= 4 is 11.8 Å². The first-order valence-corrected chi connectivity index (χ1v) is 4.98. The SMILES string of the molecule is CCC(Nc1nccc(N)n1)C(C)C. The summed E-state index contributed by atoms with van der Waals surface area (Å²) in [7, 11) is 0. The van der Waals surface area contributed by atoms with Crippen LogP contribution in [0.3, 0.4) is 0 Å². The maximum atomic E-state index is 5.56. The van der Waals surface area contributed by atoms with Crippen molar-refractivity contribution in [2.45, 2.75) is 33.2 Å². The number of hydrogen-bond donors (Lipinski definition) is 2. The summed E-state index contributed by atoms with van der Waals surface area (Å²) in [6.07, 6.45) is 2.72. The van der Waals surface area contributed by atoms with Crippen LogP contribution in [0.5, 0.6) is 0 Å². The highest BCUT2D eigenvalue weighted by Gasteiger charge is 2.11. The first-order valence-electron chi connectivity index (χ1n) is 4.98. The zero-order chi connectivity index (χ0) is 10.6. The average molecular weight is 194 g/mol. The van der Waals surface area contributed by atoms with Gasteiger partial charge in [-0.3, -0.25) is 0 Å². The van der Waals surface area contributed by atoms with Crippen LogP contribution in [0.2, 0.25) is 0 Å². The van der Waals surface area contributed by atoms with Crippen LogP contribution in [0.15, 0.2) is 12.3 Å². The Hall–Kier alpha value is -1.32. The summed E-state index contributed by atoms with van der Waals surface area (Å²) < 4.78 is 0. The molecule has 0 saturated carbocycles. The van der Waals surface area contributed by atoms with Gasteiger partial charge in [0.15, 0.2) is 0 Å². The molecule has 0 aliphatic rings. The topological polar surface area (TPSA) is 63.8 Å². The van der Waals surface area contributed by atoms with E-state index in [-0.39, 0.29) is 0 Å². The molecule has 3 N–H and O–H groups in total. The second-order valence-electron chi connectivity index (χ2n) is 3.71. The van der Waals surface area contributed by atoms with Crippen LogP contribution in [0.25, 0.3) is 0 Å². The Morgan fingerprint density at radius 3 is 2.71 bits per heavy atom. The zero-order valence-electron chi connectivity index (χ0n) is 8.99. The highest BCUT2D eigenvalue weighted by molar-refractivity contribution is 5.35. The number of anilines is 2. The van der Waals surface area contributed by atoms with Crippen molar-refractivity contribution in [3.8, 4) is 0 Å². The minimum Gasteiger partial charge on any atom is -0.384 e. The molecule has 0 aliphatic carbocycles. The van der Waals surface area contributed by atoms with E-state index in [2.05, 4.69) is 36.1 Å². The molecular formula is C10H18N4. The summed E-state index contributed by atoms with van der Waals surface area (Å²) >= 11 is 0. The smallest absolute Gasteiger partial charge is 0.224 e. The van der Waals surface area contributed by atoms with Crippen LogP contribution in [0, 0.1) is 5.92 Å². The molecule has 0 saturated heterocycles. The van der Waals surface area contributed by atoms with E-state index in [9.17, 15) is 0 Å². The molecule has 4 nitrogen and oxygen atoms in total. The third-order valence-corrected chi connectivity index (χ3v) is 2.24. The Labute approximate surface area is 85.0 Å². The van der Waals surface area contributed by atoms with E-state index in [0.29, 0.717) is 23.7 Å². The lowest BCUT2D eigenvalue weighted by molar-refractivity contribution is 0.508. The normalized spacial score (nSPS) is 12.9. The predicted octanol–water partition coefficient (Wildman–Crippen LogP) is 1.91. The van der Waals surface area contributed by atoms with Gasteiger partial charge in [-0.25, -0.2) is 4.98 Å². The average Bonchev–Trinajstić information content (AvgIpc) is 2.14. The van der Waals surface area contributed by atoms with Crippen molar-refractivity contribution < 1.29 is 0 Å². The monoisotopic (exact) mass is 194 g/mol. The minimum atomic E-state index is 0.400. The summed E-state index contributed by atoms with van der Waals surface area (Å²) in [4.78, 5) is 8.21. The van der Waals surface area contributed by atoms with E-state index in [4.69, 9.17) is 5.73 Å². The number of hydrogen-bond acceptors (Lipinski definition) is 4. The maximum absolute atomic E-state index is 5.56. The van der Waals surface area contributed by atoms with Gasteiger partial charge in [0.25, 0.3) is 0 Å². The number of nitrogens with zero attached hydrogens (tertiary/aromatic N) is 2. The molecule has 0 radical (unpaired) electrons. The fraction of sp³-hybridized carbons (Fsp3) is 0.600. The fourth-order valence-corrected chi connectivity index (χ4v) is 1.35. The second kappa shape index (κ2) is 4.79. The van der Waals surface area contributed by atoms with Gasteiger partial charge in [0, 0.05) is 12.2 Å². The van der Waals surface area contributed by atoms with Gasteiger partial charge in [0.1, 0.15) is 5.82 Å². The molecule has 1 aromatic heterocycles. The molecule has 4 heteroatoms. The molecule has 1 unspecified atom stereocenters. The van der Waals surface area contributed by atoms with Gasteiger partial charge in [-0.1, -0.05) is 20.8 Å². The standard InChI is InChI=1S/C10H18N4/c1-4-8(7(2)3)13-10-12-6-5-9(11)14-10/h5-8H,4H2,1-3H3,(H3,11,12,13,14). The molecule has 1 aromatic rings. The van der Waals surface area contributed by atoms with Gasteiger partial charge < -0.3 is 11.1 Å². The van der Waals surface area contributed by atoms with Gasteiger partial charge in [-0.05, 0) is 18.4 Å². The lowest BCUT2D eigenvalue weighted by Crippen LogP contribution is -2.25. The lowest BCUT2D eigenvalue weighted by atomic mass is 10.0. The highest BCUT2D eigenvalue weighted by Crippen LogP contribution is 2.11. The van der Waals surface area contributed by atoms with E-state index in [0.717, 1.165) is 6.42 Å². The number of nitrogens with two attached hydrogens (primary N) is 1. The Morgan fingerprint density at radius 2 is 2.21 bits per heavy atom. The van der Waals surface area contributed by atoms with Crippen molar-refractivity contribution in [1.82, 2.24) is 9.97 Å². The first kappa shape index (κ1) is 10.8. The summed E-state index contributed by atoms with van der Waals surface area (Å²) in [5, 5.41) is 3.27. The van der Waals surface area contributed by atoms with E-state index >= 15 is 0 Å². The van der Waals surface area contributed by atoms with Crippen molar-refractivity contribution in [2.75, 3.05) is 11.1 Å². The molecule has 1 atom stereocenters. The number of aromatic nitrogens is 2. The molecule has 78 valence electrons. The molecule has 0 amide bonds. The number of nitrogen functional groups attached to an aromatic ring is 1. The second-order valence-corrected chi connectivity index (χ2v) is 3.71. The summed E-state index contributed by atoms with van der Waals surface area (Å²) in [6.45, 7) is 6.49. The predicted molar refractivity (Wildman–Crippen MR) is 59.0 cm³/mol. The van der Waals surface area contributed by atoms with Gasteiger partial charge in [-0.15, -0.1) is 0 Å². The zero-order valence-corrected chi connectivity index (χ0v) is 8.99. The van der Waals surface area contributed by atoms with Crippen LogP contribution in [-0.2, 0) is 0 Å². The summed E-state index contributed by atoms with van der Waals surface area (Å²) in [5.74, 6) is 1.68. The van der Waals surface area contributed by atoms with Crippen LogP contribution in [0.1, 0.15) is 27.2 Å². The van der Waals surface area contributed by atoms with Crippen LogP contribution in [0.4, 0.5) is 11.8 Å². The fourth-order valence-electron chi connectivity index (χ4n) is 1.35. The Bertz CT molecular complexity index is 285. The molecule has 0 spiro atoms. The quantitative estimate of drug-likeness (QED) is 0.768. The molecule has 1 heterocycles. The number of nitrogens with one attached hydrogen (secondary N) is 1. The van der Waals surface area contributed by atoms with Crippen LogP contribution >= 0.6 is 0 Å². The Morgan fingerprint density at radius 1 is 1.50 bits per heavy atom. The molecule has 0 fully saturated rings. The molecule has 0 aromatic carbocycles. The van der Waals surface area contributed by atoms with Crippen molar-refractivity contribution in [1.29, 1.82) is 0 Å². The van der Waals surface area contributed by atoms with Crippen LogP contribution in [-0.4, -0.2) is 16.0 Å². The van der Waals surface area contributed by atoms with E-state index in [1.807, 2.05) is 0 Å². The van der Waals surface area contributed by atoms with E-state index in [1.54, 1.807) is 12.3 Å². The minimum absolute atomic E-state index is 0.400. The largest absolute Gasteiger partial charge is 0.384 e. The third-order valence-electron chi connectivity index (χ3n) is 2.24. The Kier molecular flexibility index (Phi) is 3.68. The molecular weight excluding hydrogens is 176 g/mol. The molecule has 1 rings (SSSR count). The Balaban J connectivity index is 2.67. The number of rotatable bonds is 4. The first-order chi connectivity index (χ1) is 6.63. The third kappa shape index (κ3) is 2.87. The molecule has 0 aliphatic heterocycles. The van der Waals surface area contributed by atoms with E-state index < -0.39 is 0 Å². The lowest BCUT2D eigenvalue weighted by Gasteiger charge is -2.20. The van der Waals surface area contributed by atoms with E-state index in [1.165, 1.54) is 0 Å². The van der Waals surface area contributed by atoms with Gasteiger partial charge in [0.2, 0.25) is 5.95 Å². The van der Waals surface area contributed by atoms with Gasteiger partial charge in [-0.2, -0.15) is 4.98 Å². The maximum Gasteiger partial charge on any atom is 0.224 e. The van der Waals surface area contributed by atoms with Crippen molar-refractivity contribution in [3.63, 3.8) is 0 Å². The van der Waals surface area contributed by atoms with Gasteiger partial charge >= 0.3 is 0 Å². The molecule has 14 heavy (non-hydrogen) atoms. The van der Waals surface area contributed by atoms with Crippen molar-refractivity contribution in [2.24, 2.45) is 5.92 Å². The highest BCUT2D eigenvalue weighted by atomic mass is 15.1. The summed E-state index contributed by atoms with van der Waals surface area (Å²) in [6, 6.07) is 2.08. The summed E-state index contributed by atoms with van der Waals surface area (Å²) in [5.41, 5.74) is 5.56. The van der Waals surface area contributed by atoms with Gasteiger partial charge in [0.05, 0.1) is 0 Å². The molecule has 0 bridgehead atoms.